The van der Waals surface area contributed by atoms with Gasteiger partial charge >= 0.3 is 0 Å². The van der Waals surface area contributed by atoms with Crippen LogP contribution >= 0.6 is 11.3 Å². The third kappa shape index (κ3) is 3.66. The summed E-state index contributed by atoms with van der Waals surface area (Å²) in [6.07, 6.45) is 2.72. The lowest BCUT2D eigenvalue weighted by Gasteiger charge is -2.32. The molecule has 0 saturated carbocycles. The van der Waals surface area contributed by atoms with Crippen LogP contribution in [-0.2, 0) is 17.8 Å². The number of benzene rings is 1. The standard InChI is InChI=1S/C19H21N5O2S/c1-26-14-5-2-12(3-6-14)15-8-24(9-16-18(15)22-11-21-16)17(25)7-4-13-10-27-19(20)23-13/h2-3,5-6,10-11,15H,4,7-9H2,1H3,(H2,20,23)(H,21,22). The number of anilines is 1. The van der Waals surface area contributed by atoms with Gasteiger partial charge in [0.1, 0.15) is 5.75 Å². The maximum absolute atomic E-state index is 12.8. The van der Waals surface area contributed by atoms with Gasteiger partial charge in [-0.25, -0.2) is 9.97 Å². The fraction of sp³-hybridized carbons (Fsp3) is 0.316. The summed E-state index contributed by atoms with van der Waals surface area (Å²) in [5, 5.41) is 2.45. The molecule has 0 saturated heterocycles. The van der Waals surface area contributed by atoms with Crippen molar-refractivity contribution in [3.05, 3.63) is 58.6 Å². The number of nitrogens with two attached hydrogens (primary N) is 1. The van der Waals surface area contributed by atoms with Gasteiger partial charge in [-0.15, -0.1) is 11.3 Å². The number of hydrogen-bond donors (Lipinski definition) is 2. The average molecular weight is 383 g/mol. The molecule has 1 atom stereocenters. The van der Waals surface area contributed by atoms with Crippen LogP contribution in [0.5, 0.6) is 5.75 Å². The average Bonchev–Trinajstić information content (AvgIpc) is 3.34. The summed E-state index contributed by atoms with van der Waals surface area (Å²) in [6, 6.07) is 7.95. The van der Waals surface area contributed by atoms with E-state index in [1.54, 1.807) is 13.4 Å². The lowest BCUT2D eigenvalue weighted by atomic mass is 9.90. The molecule has 1 unspecified atom stereocenters. The van der Waals surface area contributed by atoms with Crippen molar-refractivity contribution in [1.82, 2.24) is 19.9 Å². The van der Waals surface area contributed by atoms with Crippen LogP contribution in [0.15, 0.2) is 36.0 Å². The number of rotatable bonds is 5. The molecule has 140 valence electrons. The Kier molecular flexibility index (Phi) is 4.81. The van der Waals surface area contributed by atoms with Crippen molar-refractivity contribution >= 4 is 22.4 Å². The van der Waals surface area contributed by atoms with E-state index in [9.17, 15) is 4.79 Å². The highest BCUT2D eigenvalue weighted by Crippen LogP contribution is 2.32. The summed E-state index contributed by atoms with van der Waals surface area (Å²) in [6.45, 7) is 1.17. The van der Waals surface area contributed by atoms with E-state index in [1.807, 2.05) is 34.5 Å². The molecule has 4 rings (SSSR count). The molecule has 0 spiro atoms. The molecule has 0 bridgehead atoms. The normalized spacial score (nSPS) is 16.2. The van der Waals surface area contributed by atoms with Gasteiger partial charge < -0.3 is 20.4 Å². The predicted octanol–water partition coefficient (Wildman–Crippen LogP) is 2.56. The van der Waals surface area contributed by atoms with E-state index in [0.29, 0.717) is 31.1 Å². The Morgan fingerprint density at radius 2 is 2.22 bits per heavy atom. The zero-order valence-electron chi connectivity index (χ0n) is 15.0. The molecule has 1 amide bonds. The Balaban J connectivity index is 1.50. The Hall–Kier alpha value is -2.87. The van der Waals surface area contributed by atoms with E-state index < -0.39 is 0 Å². The molecule has 1 aromatic carbocycles. The first-order chi connectivity index (χ1) is 13.1. The summed E-state index contributed by atoms with van der Waals surface area (Å²) in [4.78, 5) is 26.6. The molecule has 27 heavy (non-hydrogen) atoms. The number of methoxy groups -OCH3 is 1. The van der Waals surface area contributed by atoms with E-state index >= 15 is 0 Å². The monoisotopic (exact) mass is 383 g/mol. The molecule has 1 aliphatic heterocycles. The van der Waals surface area contributed by atoms with Crippen molar-refractivity contribution < 1.29 is 9.53 Å². The van der Waals surface area contributed by atoms with Crippen molar-refractivity contribution in [1.29, 1.82) is 0 Å². The van der Waals surface area contributed by atoms with Crippen LogP contribution in [0.1, 0.15) is 35.0 Å². The van der Waals surface area contributed by atoms with Crippen LogP contribution in [0.25, 0.3) is 0 Å². The van der Waals surface area contributed by atoms with Gasteiger partial charge in [-0.1, -0.05) is 12.1 Å². The quantitative estimate of drug-likeness (QED) is 0.706. The SMILES string of the molecule is COc1ccc(C2CN(C(=O)CCc3csc(N)n3)Cc3[nH]cnc32)cc1. The second-order valence-corrected chi connectivity index (χ2v) is 7.43. The number of fused-ring (bicyclic) bond motifs is 1. The first-order valence-electron chi connectivity index (χ1n) is 8.78. The minimum absolute atomic E-state index is 0.0461. The van der Waals surface area contributed by atoms with Crippen LogP contribution in [-0.4, -0.2) is 39.4 Å². The van der Waals surface area contributed by atoms with Crippen LogP contribution in [0.2, 0.25) is 0 Å². The number of nitrogens with one attached hydrogen (secondary N) is 1. The minimum Gasteiger partial charge on any atom is -0.497 e. The number of hydrogen-bond acceptors (Lipinski definition) is 6. The second-order valence-electron chi connectivity index (χ2n) is 6.54. The fourth-order valence-electron chi connectivity index (χ4n) is 3.44. The molecule has 2 aromatic heterocycles. The Morgan fingerprint density at radius 3 is 2.93 bits per heavy atom. The van der Waals surface area contributed by atoms with Crippen molar-refractivity contribution in [2.75, 3.05) is 19.4 Å². The van der Waals surface area contributed by atoms with Gasteiger partial charge in [-0.2, -0.15) is 0 Å². The molecule has 8 heteroatoms. The Labute approximate surface area is 161 Å². The fourth-order valence-corrected chi connectivity index (χ4v) is 4.04. The third-order valence-corrected chi connectivity index (χ3v) is 5.59. The van der Waals surface area contributed by atoms with Gasteiger partial charge in [0.25, 0.3) is 0 Å². The van der Waals surface area contributed by atoms with Gasteiger partial charge in [0, 0.05) is 24.3 Å². The number of nitrogens with zero attached hydrogens (tertiary/aromatic N) is 3. The van der Waals surface area contributed by atoms with Crippen LogP contribution in [0.3, 0.4) is 0 Å². The second kappa shape index (κ2) is 7.40. The summed E-state index contributed by atoms with van der Waals surface area (Å²) in [5.41, 5.74) is 9.66. The zero-order valence-corrected chi connectivity index (χ0v) is 15.8. The van der Waals surface area contributed by atoms with Crippen molar-refractivity contribution in [2.45, 2.75) is 25.3 Å². The van der Waals surface area contributed by atoms with E-state index in [2.05, 4.69) is 15.0 Å². The number of thiazole rings is 1. The summed E-state index contributed by atoms with van der Waals surface area (Å²) >= 11 is 1.40. The molecule has 0 fully saturated rings. The molecular formula is C19H21N5O2S. The number of ether oxygens (including phenoxy) is 1. The van der Waals surface area contributed by atoms with E-state index in [0.717, 1.165) is 28.4 Å². The number of carbonyl (C=O) groups excluding carboxylic acids is 1. The highest BCUT2D eigenvalue weighted by molar-refractivity contribution is 7.13. The number of nitrogen functional groups attached to an aromatic ring is 1. The number of carbonyl (C=O) groups is 1. The third-order valence-electron chi connectivity index (χ3n) is 4.87. The molecule has 7 nitrogen and oxygen atoms in total. The van der Waals surface area contributed by atoms with Gasteiger partial charge in [0.05, 0.1) is 37.1 Å². The summed E-state index contributed by atoms with van der Waals surface area (Å²) in [5.74, 6) is 0.970. The molecule has 3 aromatic rings. The minimum atomic E-state index is 0.0461. The van der Waals surface area contributed by atoms with E-state index in [1.165, 1.54) is 11.3 Å². The topological polar surface area (TPSA) is 97.1 Å². The van der Waals surface area contributed by atoms with E-state index in [-0.39, 0.29) is 11.8 Å². The number of aromatic amines is 1. The van der Waals surface area contributed by atoms with Crippen LogP contribution in [0.4, 0.5) is 5.13 Å². The smallest absolute Gasteiger partial charge is 0.223 e. The number of aromatic nitrogens is 3. The first-order valence-corrected chi connectivity index (χ1v) is 9.65. The Bertz CT molecular complexity index is 934. The zero-order chi connectivity index (χ0) is 18.8. The number of H-pyrrole nitrogens is 1. The number of aryl methyl sites for hydroxylation is 1. The highest BCUT2D eigenvalue weighted by atomic mass is 32.1. The highest BCUT2D eigenvalue weighted by Gasteiger charge is 2.31. The van der Waals surface area contributed by atoms with Crippen LogP contribution in [0, 0.1) is 0 Å². The van der Waals surface area contributed by atoms with Gasteiger partial charge in [-0.05, 0) is 24.1 Å². The molecule has 0 radical (unpaired) electrons. The summed E-state index contributed by atoms with van der Waals surface area (Å²) in [7, 11) is 1.65. The Morgan fingerprint density at radius 1 is 1.41 bits per heavy atom. The van der Waals surface area contributed by atoms with Crippen molar-refractivity contribution in [3.63, 3.8) is 0 Å². The largest absolute Gasteiger partial charge is 0.497 e. The lowest BCUT2D eigenvalue weighted by Crippen LogP contribution is -2.38. The van der Waals surface area contributed by atoms with Crippen molar-refractivity contribution in [2.24, 2.45) is 0 Å². The van der Waals surface area contributed by atoms with Gasteiger partial charge in [0.2, 0.25) is 5.91 Å². The predicted molar refractivity (Wildman–Crippen MR) is 104 cm³/mol. The van der Waals surface area contributed by atoms with Crippen LogP contribution < -0.4 is 10.5 Å². The number of amides is 1. The van der Waals surface area contributed by atoms with Crippen molar-refractivity contribution in [3.8, 4) is 5.75 Å². The van der Waals surface area contributed by atoms with Gasteiger partial charge in [-0.3, -0.25) is 4.79 Å². The first kappa shape index (κ1) is 17.5. The summed E-state index contributed by atoms with van der Waals surface area (Å²) < 4.78 is 5.25. The number of imidazole rings is 1. The maximum atomic E-state index is 12.8. The molecule has 3 heterocycles. The molecule has 0 aliphatic carbocycles. The van der Waals surface area contributed by atoms with Gasteiger partial charge in [0.15, 0.2) is 5.13 Å². The molecular weight excluding hydrogens is 362 g/mol. The molecule has 1 aliphatic rings. The maximum Gasteiger partial charge on any atom is 0.223 e. The lowest BCUT2D eigenvalue weighted by molar-refractivity contribution is -0.132. The molecule has 3 N–H and O–H groups in total. The van der Waals surface area contributed by atoms with E-state index in [4.69, 9.17) is 10.5 Å².